The topological polar surface area (TPSA) is 122 Å². The Morgan fingerprint density at radius 1 is 0.943 bits per heavy atom. The number of nitrogens with one attached hydrogen (secondary N) is 1. The number of benzene rings is 2. The predicted molar refractivity (Wildman–Crippen MR) is 129 cm³/mol. The molecule has 2 aromatic carbocycles. The molecule has 2 aliphatic rings. The van der Waals surface area contributed by atoms with E-state index in [1.807, 2.05) is 0 Å². The van der Waals surface area contributed by atoms with E-state index in [1.54, 1.807) is 18.2 Å². The molecule has 10 nitrogen and oxygen atoms in total. The molecule has 12 heteroatoms. The summed E-state index contributed by atoms with van der Waals surface area (Å²) < 4.78 is 65.9. The van der Waals surface area contributed by atoms with Crippen LogP contribution in [0.2, 0.25) is 0 Å². The summed E-state index contributed by atoms with van der Waals surface area (Å²) in [4.78, 5) is 13.5. The van der Waals surface area contributed by atoms with E-state index in [2.05, 4.69) is 5.32 Å². The molecule has 1 atom stereocenters. The standard InChI is InChI=1S/C23H29N3O7S2/c1-32-22-11-10-19(34(28,29)25-13-15-33-16-14-25)17-20(22)24-23(27)21-9-5-6-12-26(21)35(30,31)18-7-3-2-4-8-18/h2-4,7-8,10-11,17,21H,5-6,9,12-16H2,1H3,(H,24,27). The SMILES string of the molecule is COc1ccc(S(=O)(=O)N2CCOCC2)cc1NC(=O)C1CCCCN1S(=O)(=O)c1ccccc1. The lowest BCUT2D eigenvalue weighted by Crippen LogP contribution is -2.49. The summed E-state index contributed by atoms with van der Waals surface area (Å²) in [7, 11) is -6.27. The quantitative estimate of drug-likeness (QED) is 0.588. The highest BCUT2D eigenvalue weighted by Gasteiger charge is 2.38. The van der Waals surface area contributed by atoms with Gasteiger partial charge in [0.05, 0.1) is 35.8 Å². The lowest BCUT2D eigenvalue weighted by molar-refractivity contribution is -0.120. The second-order valence-corrected chi connectivity index (χ2v) is 12.1. The first kappa shape index (κ1) is 25.6. The van der Waals surface area contributed by atoms with Crippen molar-refractivity contribution >= 4 is 31.6 Å². The number of morpholine rings is 1. The van der Waals surface area contributed by atoms with Crippen molar-refractivity contribution in [3.05, 3.63) is 48.5 Å². The number of methoxy groups -OCH3 is 1. The Labute approximate surface area is 205 Å². The van der Waals surface area contributed by atoms with Gasteiger partial charge in [-0.2, -0.15) is 8.61 Å². The largest absolute Gasteiger partial charge is 0.495 e. The third-order valence-corrected chi connectivity index (χ3v) is 9.96. The Hall–Kier alpha value is -2.51. The number of nitrogens with zero attached hydrogens (tertiary/aromatic N) is 2. The first-order chi connectivity index (χ1) is 16.7. The van der Waals surface area contributed by atoms with Gasteiger partial charge < -0.3 is 14.8 Å². The van der Waals surface area contributed by atoms with E-state index >= 15 is 0 Å². The second-order valence-electron chi connectivity index (χ2n) is 8.31. The number of rotatable bonds is 7. The maximum atomic E-state index is 13.3. The normalized spacial score (nSPS) is 20.3. The van der Waals surface area contributed by atoms with Gasteiger partial charge in [0.15, 0.2) is 0 Å². The molecule has 0 aromatic heterocycles. The number of carbonyl (C=O) groups excluding carboxylic acids is 1. The molecule has 2 fully saturated rings. The minimum Gasteiger partial charge on any atom is -0.495 e. The summed E-state index contributed by atoms with van der Waals surface area (Å²) in [5.41, 5.74) is 0.162. The molecule has 1 amide bonds. The molecule has 0 radical (unpaired) electrons. The summed E-state index contributed by atoms with van der Waals surface area (Å²) >= 11 is 0. The van der Waals surface area contributed by atoms with E-state index < -0.39 is 32.0 Å². The van der Waals surface area contributed by atoms with Gasteiger partial charge in [-0.3, -0.25) is 4.79 Å². The summed E-state index contributed by atoms with van der Waals surface area (Å²) in [6.07, 6.45) is 1.69. The number of sulfonamides is 2. The number of hydrogen-bond acceptors (Lipinski definition) is 7. The van der Waals surface area contributed by atoms with E-state index in [0.29, 0.717) is 32.5 Å². The van der Waals surface area contributed by atoms with Gasteiger partial charge in [-0.15, -0.1) is 0 Å². The first-order valence-electron chi connectivity index (χ1n) is 11.4. The van der Waals surface area contributed by atoms with Gasteiger partial charge in [0.1, 0.15) is 11.8 Å². The fraction of sp³-hybridized carbons (Fsp3) is 0.435. The smallest absolute Gasteiger partial charge is 0.243 e. The minimum absolute atomic E-state index is 0.00732. The number of amides is 1. The first-order valence-corrected chi connectivity index (χ1v) is 14.3. The van der Waals surface area contributed by atoms with Crippen LogP contribution in [0.1, 0.15) is 19.3 Å². The Bertz CT molecular complexity index is 1260. The Morgan fingerprint density at radius 2 is 1.66 bits per heavy atom. The van der Waals surface area contributed by atoms with Crippen LogP contribution in [-0.2, 0) is 29.6 Å². The Morgan fingerprint density at radius 3 is 2.34 bits per heavy atom. The molecular formula is C23H29N3O7S2. The number of hydrogen-bond donors (Lipinski definition) is 1. The van der Waals surface area contributed by atoms with E-state index in [1.165, 1.54) is 46.1 Å². The monoisotopic (exact) mass is 523 g/mol. The summed E-state index contributed by atoms with van der Waals surface area (Å²) in [6, 6.07) is 11.3. The van der Waals surface area contributed by atoms with Gasteiger partial charge in [0, 0.05) is 19.6 Å². The second kappa shape index (κ2) is 10.6. The van der Waals surface area contributed by atoms with E-state index in [4.69, 9.17) is 9.47 Å². The lowest BCUT2D eigenvalue weighted by atomic mass is 10.0. The van der Waals surface area contributed by atoms with Crippen molar-refractivity contribution in [2.24, 2.45) is 0 Å². The molecule has 0 aliphatic carbocycles. The van der Waals surface area contributed by atoms with Gasteiger partial charge in [-0.1, -0.05) is 24.6 Å². The third kappa shape index (κ3) is 5.36. The van der Waals surface area contributed by atoms with Crippen molar-refractivity contribution in [3.63, 3.8) is 0 Å². The maximum absolute atomic E-state index is 13.3. The zero-order chi connectivity index (χ0) is 25.1. The van der Waals surface area contributed by atoms with Crippen LogP contribution >= 0.6 is 0 Å². The number of piperidine rings is 1. The Kier molecular flexibility index (Phi) is 7.77. The van der Waals surface area contributed by atoms with E-state index in [9.17, 15) is 21.6 Å². The molecule has 2 heterocycles. The van der Waals surface area contributed by atoms with Crippen molar-refractivity contribution < 1.29 is 31.1 Å². The minimum atomic E-state index is -3.88. The predicted octanol–water partition coefficient (Wildman–Crippen LogP) is 1.90. The fourth-order valence-electron chi connectivity index (χ4n) is 4.28. The third-order valence-electron chi connectivity index (χ3n) is 6.14. The van der Waals surface area contributed by atoms with Gasteiger partial charge in [-0.05, 0) is 43.2 Å². The van der Waals surface area contributed by atoms with Crippen LogP contribution in [0.4, 0.5) is 5.69 Å². The van der Waals surface area contributed by atoms with Gasteiger partial charge in [0.25, 0.3) is 0 Å². The molecule has 2 aromatic rings. The fourth-order valence-corrected chi connectivity index (χ4v) is 7.39. The molecule has 0 saturated carbocycles. The molecule has 35 heavy (non-hydrogen) atoms. The highest BCUT2D eigenvalue weighted by atomic mass is 32.2. The molecule has 2 saturated heterocycles. The highest BCUT2D eigenvalue weighted by Crippen LogP contribution is 2.31. The van der Waals surface area contributed by atoms with Crippen LogP contribution < -0.4 is 10.1 Å². The van der Waals surface area contributed by atoms with Gasteiger partial charge >= 0.3 is 0 Å². The molecule has 1 N–H and O–H groups in total. The maximum Gasteiger partial charge on any atom is 0.243 e. The Balaban J connectivity index is 1.61. The zero-order valence-corrected chi connectivity index (χ0v) is 21.1. The van der Waals surface area contributed by atoms with Gasteiger partial charge in [0.2, 0.25) is 26.0 Å². The molecule has 190 valence electrons. The van der Waals surface area contributed by atoms with Crippen LogP contribution in [-0.4, -0.2) is 77.4 Å². The van der Waals surface area contributed by atoms with Crippen molar-refractivity contribution in [1.29, 1.82) is 0 Å². The molecule has 0 bridgehead atoms. The number of anilines is 1. The molecule has 4 rings (SSSR count). The average Bonchev–Trinajstić information content (AvgIpc) is 2.89. The molecule has 2 aliphatic heterocycles. The summed E-state index contributed by atoms with van der Waals surface area (Å²) in [5.74, 6) is -0.268. The van der Waals surface area contributed by atoms with Crippen molar-refractivity contribution in [3.8, 4) is 5.75 Å². The van der Waals surface area contributed by atoms with E-state index in [0.717, 1.165) is 0 Å². The van der Waals surface area contributed by atoms with Crippen LogP contribution in [0.25, 0.3) is 0 Å². The lowest BCUT2D eigenvalue weighted by Gasteiger charge is -2.33. The van der Waals surface area contributed by atoms with Crippen LogP contribution in [0.5, 0.6) is 5.75 Å². The van der Waals surface area contributed by atoms with Crippen LogP contribution in [0, 0.1) is 0 Å². The average molecular weight is 524 g/mol. The van der Waals surface area contributed by atoms with Crippen molar-refractivity contribution in [2.75, 3.05) is 45.3 Å². The van der Waals surface area contributed by atoms with E-state index in [-0.39, 0.29) is 40.9 Å². The van der Waals surface area contributed by atoms with Crippen LogP contribution in [0.15, 0.2) is 58.3 Å². The van der Waals surface area contributed by atoms with Gasteiger partial charge in [-0.25, -0.2) is 16.8 Å². The molecule has 1 unspecified atom stereocenters. The van der Waals surface area contributed by atoms with Crippen molar-refractivity contribution in [2.45, 2.75) is 35.1 Å². The summed E-state index contributed by atoms with van der Waals surface area (Å²) in [5, 5.41) is 2.72. The van der Waals surface area contributed by atoms with Crippen molar-refractivity contribution in [1.82, 2.24) is 8.61 Å². The molecule has 0 spiro atoms. The number of carbonyl (C=O) groups is 1. The highest BCUT2D eigenvalue weighted by molar-refractivity contribution is 7.89. The molecular weight excluding hydrogens is 494 g/mol. The summed E-state index contributed by atoms with van der Waals surface area (Å²) in [6.45, 7) is 1.32. The number of ether oxygens (including phenoxy) is 2. The zero-order valence-electron chi connectivity index (χ0n) is 19.4. The van der Waals surface area contributed by atoms with Crippen LogP contribution in [0.3, 0.4) is 0 Å².